The number of carboxylic acid groups (broad SMARTS) is 1. The highest BCUT2D eigenvalue weighted by Gasteiger charge is 2.23. The minimum atomic E-state index is -1.12. The van der Waals surface area contributed by atoms with E-state index in [9.17, 15) is 14.3 Å². The number of nitrogens with zero attached hydrogens (tertiary/aromatic N) is 3. The molecule has 0 aliphatic carbocycles. The summed E-state index contributed by atoms with van der Waals surface area (Å²) < 4.78 is 15.1. The summed E-state index contributed by atoms with van der Waals surface area (Å²) in [5, 5.41) is 10.6. The van der Waals surface area contributed by atoms with Gasteiger partial charge in [0.2, 0.25) is 0 Å². The van der Waals surface area contributed by atoms with E-state index >= 15 is 0 Å². The standard InChI is InChI=1S/C18H14Cl2FN3O2/c1-2-15-16(18(25)26)24(9-11-5-12(19)3-4-14(11)20)17(23-15)10-6-13(21)8-22-7-10/h3-8H,2,9H2,1H3,(H,25,26). The van der Waals surface area contributed by atoms with Gasteiger partial charge in [-0.2, -0.15) is 0 Å². The van der Waals surface area contributed by atoms with Crippen molar-refractivity contribution in [2.45, 2.75) is 19.9 Å². The van der Waals surface area contributed by atoms with Crippen LogP contribution in [0.2, 0.25) is 10.0 Å². The van der Waals surface area contributed by atoms with Crippen molar-refractivity contribution in [2.75, 3.05) is 0 Å². The fourth-order valence-corrected chi connectivity index (χ4v) is 3.10. The third-order valence-corrected chi connectivity index (χ3v) is 4.48. The molecule has 3 aromatic rings. The number of aromatic carboxylic acids is 1. The molecule has 0 amide bonds. The molecule has 0 aliphatic heterocycles. The van der Waals surface area contributed by atoms with E-state index in [0.717, 1.165) is 6.20 Å². The van der Waals surface area contributed by atoms with E-state index in [-0.39, 0.29) is 12.2 Å². The van der Waals surface area contributed by atoms with Crippen LogP contribution >= 0.6 is 23.2 Å². The molecule has 134 valence electrons. The molecule has 2 heterocycles. The fraction of sp³-hybridized carbons (Fsp3) is 0.167. The predicted octanol–water partition coefficient (Wildman–Crippen LogP) is 4.70. The van der Waals surface area contributed by atoms with E-state index in [2.05, 4.69) is 9.97 Å². The highest BCUT2D eigenvalue weighted by molar-refractivity contribution is 6.33. The van der Waals surface area contributed by atoms with Gasteiger partial charge in [0.15, 0.2) is 5.69 Å². The Balaban J connectivity index is 2.22. The third kappa shape index (κ3) is 3.57. The number of benzene rings is 1. The predicted molar refractivity (Wildman–Crippen MR) is 97.3 cm³/mol. The van der Waals surface area contributed by atoms with E-state index < -0.39 is 11.8 Å². The molecule has 8 heteroatoms. The van der Waals surface area contributed by atoms with Gasteiger partial charge in [-0.25, -0.2) is 14.2 Å². The third-order valence-electron chi connectivity index (χ3n) is 3.88. The number of hydrogen-bond donors (Lipinski definition) is 1. The Morgan fingerprint density at radius 3 is 2.69 bits per heavy atom. The lowest BCUT2D eigenvalue weighted by atomic mass is 10.2. The zero-order valence-corrected chi connectivity index (χ0v) is 15.2. The maximum Gasteiger partial charge on any atom is 0.354 e. The molecular weight excluding hydrogens is 380 g/mol. The second-order valence-corrected chi connectivity index (χ2v) is 6.45. The van der Waals surface area contributed by atoms with Gasteiger partial charge in [0.05, 0.1) is 18.4 Å². The average Bonchev–Trinajstić information content (AvgIpc) is 2.97. The highest BCUT2D eigenvalue weighted by atomic mass is 35.5. The van der Waals surface area contributed by atoms with Crippen LogP contribution in [0.4, 0.5) is 4.39 Å². The van der Waals surface area contributed by atoms with Gasteiger partial charge in [-0.05, 0) is 36.2 Å². The zero-order chi connectivity index (χ0) is 18.8. The van der Waals surface area contributed by atoms with Crippen molar-refractivity contribution >= 4 is 29.2 Å². The first-order valence-electron chi connectivity index (χ1n) is 7.78. The van der Waals surface area contributed by atoms with Gasteiger partial charge in [-0.1, -0.05) is 30.1 Å². The van der Waals surface area contributed by atoms with Gasteiger partial charge >= 0.3 is 5.97 Å². The number of halogens is 3. The van der Waals surface area contributed by atoms with Crippen molar-refractivity contribution in [1.29, 1.82) is 0 Å². The Bertz CT molecular complexity index is 989. The topological polar surface area (TPSA) is 68.0 Å². The first kappa shape index (κ1) is 18.4. The van der Waals surface area contributed by atoms with Crippen molar-refractivity contribution in [3.63, 3.8) is 0 Å². The van der Waals surface area contributed by atoms with Crippen LogP contribution in [-0.4, -0.2) is 25.6 Å². The fourth-order valence-electron chi connectivity index (χ4n) is 2.73. The lowest BCUT2D eigenvalue weighted by Gasteiger charge is -2.12. The molecule has 0 bridgehead atoms. The molecule has 26 heavy (non-hydrogen) atoms. The molecule has 3 rings (SSSR count). The smallest absolute Gasteiger partial charge is 0.354 e. The average molecular weight is 394 g/mol. The molecule has 0 atom stereocenters. The minimum Gasteiger partial charge on any atom is -0.477 e. The zero-order valence-electron chi connectivity index (χ0n) is 13.7. The minimum absolute atomic E-state index is 0.0304. The molecule has 5 nitrogen and oxygen atoms in total. The van der Waals surface area contributed by atoms with Crippen molar-refractivity contribution in [1.82, 2.24) is 14.5 Å². The number of imidazole rings is 1. The van der Waals surface area contributed by atoms with Gasteiger partial charge in [0.25, 0.3) is 0 Å². The highest BCUT2D eigenvalue weighted by Crippen LogP contribution is 2.28. The Kier molecular flexibility index (Phi) is 5.25. The summed E-state index contributed by atoms with van der Waals surface area (Å²) in [6, 6.07) is 6.21. The molecule has 0 fully saturated rings. The number of carboxylic acids is 1. The summed E-state index contributed by atoms with van der Waals surface area (Å²) in [6.45, 7) is 1.93. The molecule has 0 spiro atoms. The second-order valence-electron chi connectivity index (χ2n) is 5.60. The first-order valence-corrected chi connectivity index (χ1v) is 8.53. The summed E-state index contributed by atoms with van der Waals surface area (Å²) in [5.74, 6) is -1.35. The van der Waals surface area contributed by atoms with E-state index in [1.54, 1.807) is 25.1 Å². The van der Waals surface area contributed by atoms with Gasteiger partial charge in [0, 0.05) is 21.8 Å². The number of rotatable bonds is 5. The molecule has 1 aromatic carbocycles. The van der Waals surface area contributed by atoms with Crippen LogP contribution in [0.15, 0.2) is 36.7 Å². The Morgan fingerprint density at radius 1 is 1.27 bits per heavy atom. The van der Waals surface area contributed by atoms with Crippen molar-refractivity contribution in [3.05, 3.63) is 69.5 Å². The summed E-state index contributed by atoms with van der Waals surface area (Å²) in [5.41, 5.74) is 1.44. The Morgan fingerprint density at radius 2 is 2.04 bits per heavy atom. The normalized spacial score (nSPS) is 10.9. The molecule has 1 N–H and O–H groups in total. The number of hydrogen-bond acceptors (Lipinski definition) is 3. The molecule has 0 aliphatic rings. The van der Waals surface area contributed by atoms with Crippen molar-refractivity contribution in [2.24, 2.45) is 0 Å². The molecular formula is C18H14Cl2FN3O2. The van der Waals surface area contributed by atoms with Crippen LogP contribution in [0.3, 0.4) is 0 Å². The summed E-state index contributed by atoms with van der Waals surface area (Å²) in [6.07, 6.45) is 2.92. The largest absolute Gasteiger partial charge is 0.477 e. The molecule has 0 unspecified atom stereocenters. The van der Waals surface area contributed by atoms with Gasteiger partial charge < -0.3 is 9.67 Å². The van der Waals surface area contributed by atoms with Crippen LogP contribution in [0, 0.1) is 5.82 Å². The molecule has 0 saturated heterocycles. The van der Waals surface area contributed by atoms with Gasteiger partial charge in [0.1, 0.15) is 11.6 Å². The van der Waals surface area contributed by atoms with E-state index in [1.807, 2.05) is 0 Å². The second kappa shape index (κ2) is 7.43. The van der Waals surface area contributed by atoms with E-state index in [4.69, 9.17) is 23.2 Å². The number of carbonyl (C=O) groups is 1. The molecule has 0 saturated carbocycles. The van der Waals surface area contributed by atoms with Crippen LogP contribution in [-0.2, 0) is 13.0 Å². The summed E-state index contributed by atoms with van der Waals surface area (Å²) >= 11 is 12.3. The quantitative estimate of drug-likeness (QED) is 0.681. The van der Waals surface area contributed by atoms with Gasteiger partial charge in [-0.3, -0.25) is 4.98 Å². The van der Waals surface area contributed by atoms with Crippen LogP contribution < -0.4 is 0 Å². The molecule has 0 radical (unpaired) electrons. The lowest BCUT2D eigenvalue weighted by Crippen LogP contribution is -2.13. The number of aromatic nitrogens is 3. The van der Waals surface area contributed by atoms with Crippen molar-refractivity contribution < 1.29 is 14.3 Å². The maximum atomic E-state index is 13.6. The molecule has 2 aromatic heterocycles. The number of aryl methyl sites for hydroxylation is 1. The lowest BCUT2D eigenvalue weighted by molar-refractivity contribution is 0.0684. The van der Waals surface area contributed by atoms with Crippen LogP contribution in [0.25, 0.3) is 11.4 Å². The van der Waals surface area contributed by atoms with Crippen molar-refractivity contribution in [3.8, 4) is 11.4 Å². The Hall–Kier alpha value is -2.44. The van der Waals surface area contributed by atoms with Crippen LogP contribution in [0.1, 0.15) is 28.7 Å². The van der Waals surface area contributed by atoms with Crippen LogP contribution in [0.5, 0.6) is 0 Å². The number of pyridine rings is 1. The Labute approximate surface area is 159 Å². The monoisotopic (exact) mass is 393 g/mol. The van der Waals surface area contributed by atoms with Gasteiger partial charge in [-0.15, -0.1) is 0 Å². The summed E-state index contributed by atoms with van der Waals surface area (Å²) in [7, 11) is 0. The van der Waals surface area contributed by atoms with E-state index in [1.165, 1.54) is 16.8 Å². The van der Waals surface area contributed by atoms with E-state index in [0.29, 0.717) is 39.1 Å². The maximum absolute atomic E-state index is 13.6. The summed E-state index contributed by atoms with van der Waals surface area (Å²) in [4.78, 5) is 20.1. The SMILES string of the molecule is CCc1nc(-c2cncc(F)c2)n(Cc2cc(Cl)ccc2Cl)c1C(=O)O. The first-order chi connectivity index (χ1) is 12.4.